The molecule has 4 rings (SSSR count). The maximum Gasteiger partial charge on any atom is 0.183 e. The molecular weight excluding hydrogens is 539 g/mol. The first-order valence-electron chi connectivity index (χ1n) is 15.7. The van der Waals surface area contributed by atoms with Gasteiger partial charge in [0.05, 0.1) is 0 Å². The van der Waals surface area contributed by atoms with Gasteiger partial charge in [0, 0.05) is 59.3 Å². The topological polar surface area (TPSA) is 9.72 Å². The lowest BCUT2D eigenvalue weighted by Crippen LogP contribution is -2.71. The molecule has 4 heteroatoms. The highest BCUT2D eigenvalue weighted by Gasteiger charge is 2.52. The minimum atomic E-state index is -2.97. The van der Waals surface area contributed by atoms with Gasteiger partial charge in [-0.1, -0.05) is 41.5 Å². The van der Waals surface area contributed by atoms with Gasteiger partial charge in [-0.05, 0) is 141 Å². The van der Waals surface area contributed by atoms with E-state index in [1.54, 1.807) is 5.20 Å². The Labute approximate surface area is 263 Å². The highest BCUT2D eigenvalue weighted by molar-refractivity contribution is 7.18. The summed E-state index contributed by atoms with van der Waals surface area (Å²) in [6, 6.07) is 15.0. The second-order valence-electron chi connectivity index (χ2n) is 13.9. The van der Waals surface area contributed by atoms with Gasteiger partial charge in [-0.15, -0.1) is 0 Å². The van der Waals surface area contributed by atoms with Crippen molar-refractivity contribution in [3.05, 3.63) is 91.7 Å². The number of benzene rings is 3. The standard InChI is InChI=1S/C39H55N3Si/c1-23-17-33(40(11)12)36(20-26(23)4)43(39-31(9)29(7)30(8)32(39)10,37-21-27(5)24(2)18-34(37)41(13)14)38-22-28(6)25(3)19-35(38)42(15)16/h17-22,31H,1-16H3. The Kier molecular flexibility index (Phi) is 8.88. The average molecular weight is 594 g/mol. The van der Waals surface area contributed by atoms with Crippen LogP contribution < -0.4 is 30.3 Å². The maximum absolute atomic E-state index is 2.97. The molecule has 3 aromatic carbocycles. The van der Waals surface area contributed by atoms with Crippen molar-refractivity contribution >= 4 is 40.7 Å². The summed E-state index contributed by atoms with van der Waals surface area (Å²) >= 11 is 0. The molecule has 3 nitrogen and oxygen atoms in total. The molecule has 230 valence electrons. The molecule has 43 heavy (non-hydrogen) atoms. The molecule has 0 saturated heterocycles. The molecule has 3 aromatic rings. The van der Waals surface area contributed by atoms with Crippen LogP contribution in [-0.4, -0.2) is 50.4 Å². The fourth-order valence-corrected chi connectivity index (χ4v) is 14.0. The molecule has 0 fully saturated rings. The number of nitrogens with zero attached hydrogens (tertiary/aromatic N) is 3. The summed E-state index contributed by atoms with van der Waals surface area (Å²) in [5, 5.41) is 6.09. The third-order valence-corrected chi connectivity index (χ3v) is 15.8. The van der Waals surface area contributed by atoms with Gasteiger partial charge in [0.1, 0.15) is 0 Å². The molecule has 0 bridgehead atoms. The molecule has 0 spiro atoms. The van der Waals surface area contributed by atoms with E-state index in [2.05, 4.69) is 163 Å². The first-order chi connectivity index (χ1) is 20.0. The highest BCUT2D eigenvalue weighted by atomic mass is 28.3. The predicted octanol–water partition coefficient (Wildman–Crippen LogP) is 7.05. The first kappa shape index (κ1) is 32.7. The van der Waals surface area contributed by atoms with E-state index in [1.807, 2.05) is 0 Å². The number of rotatable bonds is 7. The largest absolute Gasteiger partial charge is 0.378 e. The highest BCUT2D eigenvalue weighted by Crippen LogP contribution is 2.44. The Morgan fingerprint density at radius 3 is 0.953 bits per heavy atom. The summed E-state index contributed by atoms with van der Waals surface area (Å²) in [6.45, 7) is 23.3. The number of aryl methyl sites for hydroxylation is 6. The van der Waals surface area contributed by atoms with Crippen molar-refractivity contribution in [2.24, 2.45) is 5.92 Å². The Hall–Kier alpha value is -3.24. The van der Waals surface area contributed by atoms with Crippen LogP contribution in [-0.2, 0) is 0 Å². The fourth-order valence-electron chi connectivity index (χ4n) is 7.25. The van der Waals surface area contributed by atoms with E-state index in [4.69, 9.17) is 0 Å². The van der Waals surface area contributed by atoms with E-state index >= 15 is 0 Å². The van der Waals surface area contributed by atoms with Crippen molar-refractivity contribution in [3.8, 4) is 0 Å². The number of allylic oxidation sites excluding steroid dienone is 4. The number of hydrogen-bond acceptors (Lipinski definition) is 3. The van der Waals surface area contributed by atoms with Crippen molar-refractivity contribution < 1.29 is 0 Å². The first-order valence-corrected chi connectivity index (χ1v) is 17.7. The zero-order chi connectivity index (χ0) is 32.3. The predicted molar refractivity (Wildman–Crippen MR) is 196 cm³/mol. The van der Waals surface area contributed by atoms with Gasteiger partial charge in [-0.2, -0.15) is 0 Å². The molecule has 0 saturated carbocycles. The van der Waals surface area contributed by atoms with Gasteiger partial charge in [-0.3, -0.25) is 0 Å². The van der Waals surface area contributed by atoms with Crippen LogP contribution in [0.15, 0.2) is 58.3 Å². The van der Waals surface area contributed by atoms with Crippen molar-refractivity contribution in [2.45, 2.75) is 69.2 Å². The number of anilines is 3. The minimum Gasteiger partial charge on any atom is -0.378 e. The molecule has 1 atom stereocenters. The molecule has 0 aromatic heterocycles. The van der Waals surface area contributed by atoms with Gasteiger partial charge in [0.2, 0.25) is 0 Å². The lowest BCUT2D eigenvalue weighted by atomic mass is 10.1. The van der Waals surface area contributed by atoms with Crippen molar-refractivity contribution in [1.82, 2.24) is 0 Å². The molecule has 0 aliphatic heterocycles. The monoisotopic (exact) mass is 593 g/mol. The summed E-state index contributed by atoms with van der Waals surface area (Å²) < 4.78 is 0. The lowest BCUT2D eigenvalue weighted by Gasteiger charge is -2.44. The van der Waals surface area contributed by atoms with Crippen molar-refractivity contribution in [3.63, 3.8) is 0 Å². The van der Waals surface area contributed by atoms with E-state index in [9.17, 15) is 0 Å². The lowest BCUT2D eigenvalue weighted by molar-refractivity contribution is 0.851. The zero-order valence-corrected chi connectivity index (χ0v) is 30.9. The number of hydrogen-bond donors (Lipinski definition) is 0. The molecule has 0 N–H and O–H groups in total. The molecule has 0 amide bonds. The fraction of sp³-hybridized carbons (Fsp3) is 0.436. The maximum atomic E-state index is 2.57. The normalized spacial score (nSPS) is 15.5. The second-order valence-corrected chi connectivity index (χ2v) is 17.5. The van der Waals surface area contributed by atoms with Gasteiger partial charge >= 0.3 is 0 Å². The molecule has 1 aliphatic carbocycles. The minimum absolute atomic E-state index is 0.344. The Balaban J connectivity index is 2.49. The van der Waals surface area contributed by atoms with Crippen LogP contribution in [0.4, 0.5) is 17.1 Å². The van der Waals surface area contributed by atoms with Crippen LogP contribution in [0.5, 0.6) is 0 Å². The molecule has 0 radical (unpaired) electrons. The summed E-state index contributed by atoms with van der Waals surface area (Å²) in [6.07, 6.45) is 0. The van der Waals surface area contributed by atoms with Gasteiger partial charge in [0.25, 0.3) is 0 Å². The van der Waals surface area contributed by atoms with Gasteiger partial charge in [-0.25, -0.2) is 0 Å². The molecule has 0 heterocycles. The average Bonchev–Trinajstić information content (AvgIpc) is 3.12. The van der Waals surface area contributed by atoms with E-state index < -0.39 is 8.07 Å². The van der Waals surface area contributed by atoms with Gasteiger partial charge in [0.15, 0.2) is 8.07 Å². The van der Waals surface area contributed by atoms with Crippen LogP contribution in [0.25, 0.3) is 0 Å². The van der Waals surface area contributed by atoms with Crippen molar-refractivity contribution in [1.29, 1.82) is 0 Å². The van der Waals surface area contributed by atoms with E-state index in [0.717, 1.165) is 0 Å². The van der Waals surface area contributed by atoms with E-state index in [0.29, 0.717) is 5.92 Å². The third kappa shape index (κ3) is 5.16. The van der Waals surface area contributed by atoms with Crippen molar-refractivity contribution in [2.75, 3.05) is 57.0 Å². The zero-order valence-electron chi connectivity index (χ0n) is 29.9. The van der Waals surface area contributed by atoms with Gasteiger partial charge < -0.3 is 14.7 Å². The molecule has 1 unspecified atom stereocenters. The summed E-state index contributed by atoms with van der Waals surface area (Å²) in [7, 11) is 10.4. The summed E-state index contributed by atoms with van der Waals surface area (Å²) in [5.74, 6) is 0.344. The summed E-state index contributed by atoms with van der Waals surface area (Å²) in [5.41, 5.74) is 16.5. The van der Waals surface area contributed by atoms with Crippen LogP contribution in [0.2, 0.25) is 0 Å². The molecule has 1 aliphatic rings. The SMILES string of the molecule is CC1=C(C)C(C)C([Si](c2cc(C)c(C)cc2N(C)C)(c2cc(C)c(C)cc2N(C)C)c2cc(C)c(C)cc2N(C)C)=C1C. The Bertz CT molecular complexity index is 1500. The Morgan fingerprint density at radius 1 is 0.442 bits per heavy atom. The quantitative estimate of drug-likeness (QED) is 0.215. The third-order valence-electron chi connectivity index (χ3n) is 10.5. The van der Waals surface area contributed by atoms with Crippen LogP contribution in [0.3, 0.4) is 0 Å². The van der Waals surface area contributed by atoms with Crippen LogP contribution in [0, 0.1) is 47.5 Å². The molecular formula is C39H55N3Si. The van der Waals surface area contributed by atoms with Crippen LogP contribution >= 0.6 is 0 Å². The van der Waals surface area contributed by atoms with E-state index in [-0.39, 0.29) is 0 Å². The van der Waals surface area contributed by atoms with E-state index in [1.165, 1.54) is 82.7 Å². The summed E-state index contributed by atoms with van der Waals surface area (Å²) in [4.78, 5) is 7.08. The Morgan fingerprint density at radius 2 is 0.721 bits per heavy atom. The smallest absolute Gasteiger partial charge is 0.183 e. The second kappa shape index (κ2) is 11.7. The van der Waals surface area contributed by atoms with Crippen LogP contribution in [0.1, 0.15) is 61.1 Å².